The van der Waals surface area contributed by atoms with E-state index in [2.05, 4.69) is 64.5 Å². The quantitative estimate of drug-likeness (QED) is 0.274. The highest BCUT2D eigenvalue weighted by molar-refractivity contribution is 6.33. The van der Waals surface area contributed by atoms with Crippen molar-refractivity contribution in [1.82, 2.24) is 14.9 Å². The van der Waals surface area contributed by atoms with Crippen LogP contribution in [0.1, 0.15) is 41.0 Å². The fourth-order valence-electron chi connectivity index (χ4n) is 3.91. The molecule has 4 rings (SSSR count). The second-order valence-corrected chi connectivity index (χ2v) is 8.39. The summed E-state index contributed by atoms with van der Waals surface area (Å²) in [7, 11) is 0. The number of hydrogen-bond acceptors (Lipinski definition) is 2. The minimum atomic E-state index is -0.118. The zero-order chi connectivity index (χ0) is 22.9. The number of nitrogens with zero attached hydrogens (tertiary/aromatic N) is 2. The Labute approximate surface area is 199 Å². The summed E-state index contributed by atoms with van der Waals surface area (Å²) in [5, 5.41) is 3.44. The van der Waals surface area contributed by atoms with Crippen LogP contribution in [0.2, 0.25) is 5.02 Å². The largest absolute Gasteiger partial charge is 0.352 e. The van der Waals surface area contributed by atoms with E-state index in [1.807, 2.05) is 24.3 Å². The standard InChI is InChI=1S/C28H28ClN3O/c29-24-16-7-6-15-23(24)28(33)30-20-10-2-5-19-27-31-25-17-8-9-18-26(25)32(27)21-11-14-22-12-3-1-4-13-22/h1,3-4,6-9,11-18H,2,5,10,19-21H2,(H,30,33)/b14-11+. The van der Waals surface area contributed by atoms with Crippen LogP contribution in [0.3, 0.4) is 0 Å². The van der Waals surface area contributed by atoms with Gasteiger partial charge in [0.2, 0.25) is 0 Å². The number of aryl methyl sites for hydroxylation is 1. The average molecular weight is 458 g/mol. The summed E-state index contributed by atoms with van der Waals surface area (Å²) in [6.45, 7) is 1.43. The van der Waals surface area contributed by atoms with Crippen LogP contribution in [-0.2, 0) is 13.0 Å². The third-order valence-electron chi connectivity index (χ3n) is 5.61. The van der Waals surface area contributed by atoms with Gasteiger partial charge in [0.1, 0.15) is 5.82 Å². The van der Waals surface area contributed by atoms with Crippen molar-refractivity contribution in [2.24, 2.45) is 0 Å². The zero-order valence-electron chi connectivity index (χ0n) is 18.6. The molecule has 1 N–H and O–H groups in total. The van der Waals surface area contributed by atoms with Gasteiger partial charge in [-0.3, -0.25) is 4.79 Å². The van der Waals surface area contributed by atoms with Crippen LogP contribution >= 0.6 is 11.6 Å². The molecule has 0 bridgehead atoms. The maximum atomic E-state index is 12.3. The fourth-order valence-corrected chi connectivity index (χ4v) is 4.13. The van der Waals surface area contributed by atoms with Crippen molar-refractivity contribution >= 4 is 34.6 Å². The molecule has 1 aromatic heterocycles. The maximum absolute atomic E-state index is 12.3. The number of hydrogen-bond donors (Lipinski definition) is 1. The minimum Gasteiger partial charge on any atom is -0.352 e. The Bertz CT molecular complexity index is 1230. The number of rotatable bonds is 10. The molecular weight excluding hydrogens is 430 g/mol. The van der Waals surface area contributed by atoms with E-state index >= 15 is 0 Å². The molecule has 1 amide bonds. The van der Waals surface area contributed by atoms with E-state index in [1.165, 1.54) is 5.56 Å². The molecule has 4 nitrogen and oxygen atoms in total. The lowest BCUT2D eigenvalue weighted by Gasteiger charge is -2.08. The number of halogens is 1. The molecule has 0 saturated heterocycles. The monoisotopic (exact) mass is 457 g/mol. The Hall–Kier alpha value is -3.37. The van der Waals surface area contributed by atoms with E-state index < -0.39 is 0 Å². The van der Waals surface area contributed by atoms with Crippen LogP contribution in [0.25, 0.3) is 17.1 Å². The van der Waals surface area contributed by atoms with Gasteiger partial charge < -0.3 is 9.88 Å². The molecule has 0 unspecified atom stereocenters. The number of nitrogens with one attached hydrogen (secondary N) is 1. The molecular formula is C28H28ClN3O. The van der Waals surface area contributed by atoms with Gasteiger partial charge in [0.15, 0.2) is 0 Å². The minimum absolute atomic E-state index is 0.118. The van der Waals surface area contributed by atoms with Gasteiger partial charge in [-0.15, -0.1) is 0 Å². The van der Waals surface area contributed by atoms with Gasteiger partial charge in [-0.05, 0) is 42.7 Å². The van der Waals surface area contributed by atoms with Gasteiger partial charge in [0.05, 0.1) is 21.6 Å². The predicted octanol–water partition coefficient (Wildman–Crippen LogP) is 6.55. The number of benzene rings is 3. The van der Waals surface area contributed by atoms with Gasteiger partial charge >= 0.3 is 0 Å². The average Bonchev–Trinajstić information content (AvgIpc) is 3.19. The van der Waals surface area contributed by atoms with Crippen LogP contribution in [0, 0.1) is 0 Å². The van der Waals surface area contributed by atoms with E-state index in [0.29, 0.717) is 17.1 Å². The lowest BCUT2D eigenvalue weighted by Crippen LogP contribution is -2.24. The van der Waals surface area contributed by atoms with Gasteiger partial charge in [-0.25, -0.2) is 4.98 Å². The number of para-hydroxylation sites is 2. The number of unbranched alkanes of at least 4 members (excludes halogenated alkanes) is 2. The summed E-state index contributed by atoms with van der Waals surface area (Å²) in [5.74, 6) is 0.988. The Morgan fingerprint density at radius 2 is 1.67 bits per heavy atom. The van der Waals surface area contributed by atoms with Crippen LogP contribution in [0.5, 0.6) is 0 Å². The molecule has 0 radical (unpaired) electrons. The first-order valence-electron chi connectivity index (χ1n) is 11.4. The number of allylic oxidation sites excluding steroid dienone is 1. The molecule has 3 aromatic carbocycles. The highest BCUT2D eigenvalue weighted by atomic mass is 35.5. The van der Waals surface area contributed by atoms with Crippen molar-refractivity contribution in [2.45, 2.75) is 32.2 Å². The van der Waals surface area contributed by atoms with Gasteiger partial charge in [0.25, 0.3) is 5.91 Å². The number of carbonyl (C=O) groups excluding carboxylic acids is 1. The van der Waals surface area contributed by atoms with Crippen LogP contribution < -0.4 is 5.32 Å². The predicted molar refractivity (Wildman–Crippen MR) is 137 cm³/mol. The molecule has 0 aliphatic heterocycles. The summed E-state index contributed by atoms with van der Waals surface area (Å²) in [6, 6.07) is 25.8. The van der Waals surface area contributed by atoms with E-state index in [1.54, 1.807) is 12.1 Å². The normalized spacial score (nSPS) is 11.3. The van der Waals surface area contributed by atoms with E-state index in [9.17, 15) is 4.79 Å². The lowest BCUT2D eigenvalue weighted by atomic mass is 10.1. The third-order valence-corrected chi connectivity index (χ3v) is 5.94. The first-order chi connectivity index (χ1) is 16.2. The summed E-state index contributed by atoms with van der Waals surface area (Å²) in [5.41, 5.74) is 3.92. The Kier molecular flexibility index (Phi) is 7.94. The van der Waals surface area contributed by atoms with Crippen LogP contribution in [-0.4, -0.2) is 22.0 Å². The lowest BCUT2D eigenvalue weighted by molar-refractivity contribution is 0.0953. The number of fused-ring (bicyclic) bond motifs is 1. The van der Waals surface area contributed by atoms with Crippen molar-refractivity contribution in [2.75, 3.05) is 6.54 Å². The Morgan fingerprint density at radius 1 is 0.909 bits per heavy atom. The van der Waals surface area contributed by atoms with Gasteiger partial charge in [0, 0.05) is 19.5 Å². The molecule has 0 atom stereocenters. The van der Waals surface area contributed by atoms with E-state index in [0.717, 1.165) is 49.1 Å². The van der Waals surface area contributed by atoms with Crippen LogP contribution in [0.15, 0.2) is 84.9 Å². The molecule has 4 aromatic rings. The topological polar surface area (TPSA) is 46.9 Å². The second-order valence-electron chi connectivity index (χ2n) is 7.99. The number of imidazole rings is 1. The first kappa shape index (κ1) is 22.8. The van der Waals surface area contributed by atoms with Gasteiger partial charge in [-0.1, -0.05) is 84.8 Å². The second kappa shape index (κ2) is 11.5. The molecule has 0 aliphatic carbocycles. The third kappa shape index (κ3) is 6.11. The molecule has 0 aliphatic rings. The van der Waals surface area contributed by atoms with Gasteiger partial charge in [-0.2, -0.15) is 0 Å². The fraction of sp³-hybridized carbons (Fsp3) is 0.214. The number of aromatic nitrogens is 2. The molecule has 1 heterocycles. The molecule has 168 valence electrons. The number of carbonyl (C=O) groups is 1. The first-order valence-corrected chi connectivity index (χ1v) is 11.8. The molecule has 0 fully saturated rings. The van der Waals surface area contributed by atoms with Crippen molar-refractivity contribution in [1.29, 1.82) is 0 Å². The molecule has 5 heteroatoms. The smallest absolute Gasteiger partial charge is 0.252 e. The summed E-state index contributed by atoms with van der Waals surface area (Å²) in [6.07, 6.45) is 8.22. The van der Waals surface area contributed by atoms with Crippen molar-refractivity contribution < 1.29 is 4.79 Å². The highest BCUT2D eigenvalue weighted by Gasteiger charge is 2.10. The maximum Gasteiger partial charge on any atom is 0.252 e. The summed E-state index contributed by atoms with van der Waals surface area (Å²) < 4.78 is 2.30. The van der Waals surface area contributed by atoms with Crippen molar-refractivity contribution in [3.8, 4) is 0 Å². The summed E-state index contributed by atoms with van der Waals surface area (Å²) in [4.78, 5) is 17.1. The van der Waals surface area contributed by atoms with E-state index in [-0.39, 0.29) is 5.91 Å². The van der Waals surface area contributed by atoms with Crippen LogP contribution in [0.4, 0.5) is 0 Å². The molecule has 0 saturated carbocycles. The van der Waals surface area contributed by atoms with Crippen molar-refractivity contribution in [3.63, 3.8) is 0 Å². The molecule has 33 heavy (non-hydrogen) atoms. The Balaban J connectivity index is 1.30. The van der Waals surface area contributed by atoms with Crippen molar-refractivity contribution in [3.05, 3.63) is 107 Å². The SMILES string of the molecule is O=C(NCCCCCc1nc2ccccc2n1C/C=C/c1ccccc1)c1ccccc1Cl. The van der Waals surface area contributed by atoms with E-state index in [4.69, 9.17) is 16.6 Å². The molecule has 0 spiro atoms. The highest BCUT2D eigenvalue weighted by Crippen LogP contribution is 2.19. The zero-order valence-corrected chi connectivity index (χ0v) is 19.3. The Morgan fingerprint density at radius 3 is 2.52 bits per heavy atom. The summed E-state index contributed by atoms with van der Waals surface area (Å²) >= 11 is 6.09. The number of amides is 1.